The SMILES string of the molecule is Cc1ccncc1Nc1ccccc1[N+](=O)[O-]. The number of aromatic nitrogens is 1. The number of hydrogen-bond donors (Lipinski definition) is 1. The van der Waals surface area contributed by atoms with Gasteiger partial charge in [-0.25, -0.2) is 0 Å². The number of pyridine rings is 1. The first-order valence-electron chi connectivity index (χ1n) is 5.09. The second-order valence-electron chi connectivity index (χ2n) is 3.59. The molecule has 0 saturated heterocycles. The van der Waals surface area contributed by atoms with Gasteiger partial charge in [0.2, 0.25) is 0 Å². The summed E-state index contributed by atoms with van der Waals surface area (Å²) in [5.74, 6) is 0. The van der Waals surface area contributed by atoms with Crippen molar-refractivity contribution >= 4 is 17.1 Å². The normalized spacial score (nSPS) is 9.94. The first-order valence-corrected chi connectivity index (χ1v) is 5.09. The molecule has 0 unspecified atom stereocenters. The van der Waals surface area contributed by atoms with Crippen LogP contribution in [0.2, 0.25) is 0 Å². The van der Waals surface area contributed by atoms with Gasteiger partial charge >= 0.3 is 0 Å². The summed E-state index contributed by atoms with van der Waals surface area (Å²) < 4.78 is 0. The predicted octanol–water partition coefficient (Wildman–Crippen LogP) is 3.04. The van der Waals surface area contributed by atoms with E-state index in [0.717, 1.165) is 11.3 Å². The van der Waals surface area contributed by atoms with E-state index in [9.17, 15) is 10.1 Å². The Morgan fingerprint density at radius 3 is 2.71 bits per heavy atom. The summed E-state index contributed by atoms with van der Waals surface area (Å²) in [6.07, 6.45) is 3.33. The van der Waals surface area contributed by atoms with Crippen LogP contribution in [-0.2, 0) is 0 Å². The van der Waals surface area contributed by atoms with E-state index >= 15 is 0 Å². The van der Waals surface area contributed by atoms with Crippen LogP contribution in [0, 0.1) is 17.0 Å². The monoisotopic (exact) mass is 229 g/mol. The molecule has 0 aliphatic rings. The molecular weight excluding hydrogens is 218 g/mol. The Morgan fingerprint density at radius 2 is 2.00 bits per heavy atom. The minimum Gasteiger partial charge on any atom is -0.348 e. The molecule has 0 spiro atoms. The number of nitro benzene ring substituents is 1. The number of anilines is 2. The topological polar surface area (TPSA) is 68.1 Å². The van der Waals surface area contributed by atoms with Crippen molar-refractivity contribution in [2.24, 2.45) is 0 Å². The molecule has 0 bridgehead atoms. The molecule has 5 heteroatoms. The fraction of sp³-hybridized carbons (Fsp3) is 0.0833. The quantitative estimate of drug-likeness (QED) is 0.648. The van der Waals surface area contributed by atoms with Crippen molar-refractivity contribution in [3.8, 4) is 0 Å². The lowest BCUT2D eigenvalue weighted by Crippen LogP contribution is -1.98. The summed E-state index contributed by atoms with van der Waals surface area (Å²) in [7, 11) is 0. The van der Waals surface area contributed by atoms with Crippen LogP contribution in [0.15, 0.2) is 42.7 Å². The van der Waals surface area contributed by atoms with Crippen LogP contribution in [-0.4, -0.2) is 9.91 Å². The molecule has 0 saturated carbocycles. The van der Waals surface area contributed by atoms with Gasteiger partial charge in [-0.2, -0.15) is 0 Å². The molecule has 1 N–H and O–H groups in total. The molecule has 0 radical (unpaired) electrons. The molecule has 0 aliphatic heterocycles. The number of nitrogens with one attached hydrogen (secondary N) is 1. The first kappa shape index (κ1) is 11.1. The molecule has 2 rings (SSSR count). The molecule has 0 fully saturated rings. The van der Waals surface area contributed by atoms with E-state index in [1.165, 1.54) is 6.07 Å². The standard InChI is InChI=1S/C12H11N3O2/c1-9-6-7-13-8-11(9)14-10-4-2-3-5-12(10)15(16)17/h2-8,14H,1H3. The van der Waals surface area contributed by atoms with Crippen LogP contribution in [0.1, 0.15) is 5.56 Å². The maximum Gasteiger partial charge on any atom is 0.292 e. The minimum absolute atomic E-state index is 0.0516. The fourth-order valence-electron chi connectivity index (χ4n) is 1.48. The van der Waals surface area contributed by atoms with E-state index in [2.05, 4.69) is 10.3 Å². The van der Waals surface area contributed by atoms with E-state index in [4.69, 9.17) is 0 Å². The second kappa shape index (κ2) is 4.61. The van der Waals surface area contributed by atoms with E-state index in [1.807, 2.05) is 13.0 Å². The van der Waals surface area contributed by atoms with Crippen molar-refractivity contribution in [1.29, 1.82) is 0 Å². The van der Waals surface area contributed by atoms with Crippen molar-refractivity contribution < 1.29 is 4.92 Å². The fourth-order valence-corrected chi connectivity index (χ4v) is 1.48. The Bertz CT molecular complexity index is 555. The van der Waals surface area contributed by atoms with E-state index in [-0.39, 0.29) is 5.69 Å². The second-order valence-corrected chi connectivity index (χ2v) is 3.59. The summed E-state index contributed by atoms with van der Waals surface area (Å²) in [6, 6.07) is 8.37. The Balaban J connectivity index is 2.37. The maximum atomic E-state index is 10.8. The van der Waals surface area contributed by atoms with Gasteiger partial charge in [0.05, 0.1) is 16.8 Å². The third kappa shape index (κ3) is 2.39. The average Bonchev–Trinajstić information content (AvgIpc) is 2.32. The summed E-state index contributed by atoms with van der Waals surface area (Å²) in [5.41, 5.74) is 2.27. The summed E-state index contributed by atoms with van der Waals surface area (Å²) in [4.78, 5) is 14.4. The van der Waals surface area contributed by atoms with Gasteiger partial charge in [-0.05, 0) is 24.6 Å². The van der Waals surface area contributed by atoms with Gasteiger partial charge in [0.1, 0.15) is 5.69 Å². The van der Waals surface area contributed by atoms with Gasteiger partial charge in [-0.1, -0.05) is 12.1 Å². The Labute approximate surface area is 98.3 Å². The molecule has 0 aliphatic carbocycles. The molecule has 0 amide bonds. The number of rotatable bonds is 3. The molecule has 0 atom stereocenters. The number of nitro groups is 1. The summed E-state index contributed by atoms with van der Waals surface area (Å²) >= 11 is 0. The zero-order chi connectivity index (χ0) is 12.3. The highest BCUT2D eigenvalue weighted by molar-refractivity contribution is 5.70. The third-order valence-electron chi connectivity index (χ3n) is 2.41. The van der Waals surface area contributed by atoms with E-state index in [0.29, 0.717) is 5.69 Å². The average molecular weight is 229 g/mol. The van der Waals surface area contributed by atoms with Crippen molar-refractivity contribution in [2.45, 2.75) is 6.92 Å². The molecule has 2 aromatic rings. The van der Waals surface area contributed by atoms with E-state index in [1.54, 1.807) is 30.6 Å². The van der Waals surface area contributed by atoms with Crippen LogP contribution < -0.4 is 5.32 Å². The van der Waals surface area contributed by atoms with Gasteiger partial charge < -0.3 is 5.32 Å². The first-order chi connectivity index (χ1) is 8.18. The maximum absolute atomic E-state index is 10.8. The lowest BCUT2D eigenvalue weighted by Gasteiger charge is -2.08. The van der Waals surface area contributed by atoms with Gasteiger partial charge in [0.15, 0.2) is 0 Å². The molecule has 1 aromatic carbocycles. The largest absolute Gasteiger partial charge is 0.348 e. The summed E-state index contributed by atoms with van der Waals surface area (Å²) in [5, 5.41) is 13.9. The zero-order valence-corrected chi connectivity index (χ0v) is 9.25. The molecular formula is C12H11N3O2. The highest BCUT2D eigenvalue weighted by atomic mass is 16.6. The van der Waals surface area contributed by atoms with Crippen molar-refractivity contribution in [2.75, 3.05) is 5.32 Å². The van der Waals surface area contributed by atoms with Gasteiger partial charge in [-0.3, -0.25) is 15.1 Å². The van der Waals surface area contributed by atoms with E-state index < -0.39 is 4.92 Å². The van der Waals surface area contributed by atoms with Gasteiger partial charge in [0, 0.05) is 12.3 Å². The van der Waals surface area contributed by atoms with Crippen LogP contribution in [0.25, 0.3) is 0 Å². The molecule has 1 aromatic heterocycles. The lowest BCUT2D eigenvalue weighted by molar-refractivity contribution is -0.383. The van der Waals surface area contributed by atoms with Crippen LogP contribution in [0.4, 0.5) is 17.1 Å². The summed E-state index contributed by atoms with van der Waals surface area (Å²) in [6.45, 7) is 1.92. The highest BCUT2D eigenvalue weighted by Gasteiger charge is 2.12. The number of para-hydroxylation sites is 2. The van der Waals surface area contributed by atoms with Crippen molar-refractivity contribution in [1.82, 2.24) is 4.98 Å². The molecule has 86 valence electrons. The number of hydrogen-bond acceptors (Lipinski definition) is 4. The van der Waals surface area contributed by atoms with Crippen LogP contribution >= 0.6 is 0 Å². The number of nitrogens with zero attached hydrogens (tertiary/aromatic N) is 2. The Morgan fingerprint density at radius 1 is 1.24 bits per heavy atom. The third-order valence-corrected chi connectivity index (χ3v) is 2.41. The smallest absolute Gasteiger partial charge is 0.292 e. The highest BCUT2D eigenvalue weighted by Crippen LogP contribution is 2.27. The molecule has 17 heavy (non-hydrogen) atoms. The van der Waals surface area contributed by atoms with Gasteiger partial charge in [-0.15, -0.1) is 0 Å². The Hall–Kier alpha value is -2.43. The molecule has 1 heterocycles. The van der Waals surface area contributed by atoms with Crippen molar-refractivity contribution in [3.05, 3.63) is 58.4 Å². The minimum atomic E-state index is -0.409. The predicted molar refractivity (Wildman–Crippen MR) is 65.4 cm³/mol. The van der Waals surface area contributed by atoms with Crippen molar-refractivity contribution in [3.63, 3.8) is 0 Å². The van der Waals surface area contributed by atoms with Crippen LogP contribution in [0.3, 0.4) is 0 Å². The number of benzene rings is 1. The van der Waals surface area contributed by atoms with Crippen LogP contribution in [0.5, 0.6) is 0 Å². The lowest BCUT2D eigenvalue weighted by atomic mass is 10.2. The number of aryl methyl sites for hydroxylation is 1. The zero-order valence-electron chi connectivity index (χ0n) is 9.25. The molecule has 5 nitrogen and oxygen atoms in total. The van der Waals surface area contributed by atoms with Gasteiger partial charge in [0.25, 0.3) is 5.69 Å². The Kier molecular flexibility index (Phi) is 3.00.